The van der Waals surface area contributed by atoms with Gasteiger partial charge in [-0.15, -0.1) is 11.8 Å². The Bertz CT molecular complexity index is 975. The summed E-state index contributed by atoms with van der Waals surface area (Å²) in [5.74, 6) is 1.61. The average molecular weight is 426 g/mol. The molecule has 0 bridgehead atoms. The molecule has 0 aliphatic rings. The van der Waals surface area contributed by atoms with E-state index in [2.05, 4.69) is 15.6 Å². The largest absolute Gasteiger partial charge is 0.484 e. The zero-order valence-electron chi connectivity index (χ0n) is 16.6. The normalized spacial score (nSPS) is 10.4. The molecular formula is C22H23N3O4S. The van der Waals surface area contributed by atoms with Gasteiger partial charge in [0, 0.05) is 29.6 Å². The van der Waals surface area contributed by atoms with Gasteiger partial charge in [-0.25, -0.2) is 4.98 Å². The molecule has 0 aliphatic carbocycles. The molecule has 7 nitrogen and oxygen atoms in total. The Morgan fingerprint density at radius 1 is 1.10 bits per heavy atom. The fourth-order valence-corrected chi connectivity index (χ4v) is 3.29. The molecule has 0 aliphatic heterocycles. The van der Waals surface area contributed by atoms with Crippen LogP contribution < -0.4 is 15.4 Å². The van der Waals surface area contributed by atoms with Crippen molar-refractivity contribution in [1.82, 2.24) is 10.3 Å². The molecule has 1 heterocycles. The number of oxazole rings is 1. The number of hydrogen-bond donors (Lipinski definition) is 2. The van der Waals surface area contributed by atoms with Gasteiger partial charge in [-0.05, 0) is 31.2 Å². The summed E-state index contributed by atoms with van der Waals surface area (Å²) < 4.78 is 10.9. The number of benzene rings is 2. The fraction of sp³-hybridized carbons (Fsp3) is 0.227. The molecule has 2 aromatic carbocycles. The Morgan fingerprint density at radius 3 is 2.73 bits per heavy atom. The first-order chi connectivity index (χ1) is 14.6. The summed E-state index contributed by atoms with van der Waals surface area (Å²) >= 11 is 1.45. The molecule has 0 unspecified atom stereocenters. The molecule has 0 radical (unpaired) electrons. The molecule has 30 heavy (non-hydrogen) atoms. The number of nitrogens with zero attached hydrogens (tertiary/aromatic N) is 1. The summed E-state index contributed by atoms with van der Waals surface area (Å²) in [6.07, 6.45) is 1.61. The van der Waals surface area contributed by atoms with E-state index in [0.29, 0.717) is 29.6 Å². The lowest BCUT2D eigenvalue weighted by atomic mass is 10.2. The van der Waals surface area contributed by atoms with E-state index in [0.717, 1.165) is 11.3 Å². The summed E-state index contributed by atoms with van der Waals surface area (Å²) in [6, 6.07) is 16.6. The van der Waals surface area contributed by atoms with Crippen LogP contribution in [-0.4, -0.2) is 35.7 Å². The van der Waals surface area contributed by atoms with Gasteiger partial charge >= 0.3 is 0 Å². The Hall–Kier alpha value is -3.26. The van der Waals surface area contributed by atoms with Crippen LogP contribution in [0, 0.1) is 0 Å². The van der Waals surface area contributed by atoms with Crippen molar-refractivity contribution in [3.63, 3.8) is 0 Å². The molecule has 156 valence electrons. The first kappa shape index (κ1) is 21.4. The zero-order chi connectivity index (χ0) is 21.2. The van der Waals surface area contributed by atoms with Gasteiger partial charge in [0.2, 0.25) is 11.8 Å². The van der Waals surface area contributed by atoms with Gasteiger partial charge in [-0.3, -0.25) is 9.59 Å². The fourth-order valence-electron chi connectivity index (χ4n) is 2.59. The average Bonchev–Trinajstić information content (AvgIpc) is 3.22. The van der Waals surface area contributed by atoms with E-state index in [-0.39, 0.29) is 24.2 Å². The number of aromatic nitrogens is 1. The summed E-state index contributed by atoms with van der Waals surface area (Å²) in [7, 11) is 0. The molecule has 0 saturated heterocycles. The van der Waals surface area contributed by atoms with Crippen molar-refractivity contribution in [2.75, 3.05) is 24.2 Å². The van der Waals surface area contributed by atoms with E-state index in [1.165, 1.54) is 11.8 Å². The van der Waals surface area contributed by atoms with Gasteiger partial charge in [0.25, 0.3) is 5.91 Å². The Morgan fingerprint density at radius 2 is 1.93 bits per heavy atom. The lowest BCUT2D eigenvalue weighted by Crippen LogP contribution is -2.28. The standard InChI is InChI=1S/C22H23N3O4S/c1-2-23-20(26)13-28-19-10-6-9-17(11-19)24-21(27)15-30-14-18-12-29-22(25-18)16-7-4-3-5-8-16/h3-12H,2,13-15H2,1H3,(H,23,26)(H,24,27). The number of ether oxygens (including phenoxy) is 1. The number of carbonyl (C=O) groups is 2. The van der Waals surface area contributed by atoms with Gasteiger partial charge in [0.1, 0.15) is 12.0 Å². The van der Waals surface area contributed by atoms with E-state index in [1.807, 2.05) is 37.3 Å². The molecule has 0 fully saturated rings. The van der Waals surface area contributed by atoms with Crippen molar-refractivity contribution in [3.05, 3.63) is 66.6 Å². The topological polar surface area (TPSA) is 93.5 Å². The minimum absolute atomic E-state index is 0.0657. The maximum Gasteiger partial charge on any atom is 0.257 e. The third-order valence-electron chi connectivity index (χ3n) is 3.92. The van der Waals surface area contributed by atoms with Crippen LogP contribution in [-0.2, 0) is 15.3 Å². The van der Waals surface area contributed by atoms with Gasteiger partial charge in [0.05, 0.1) is 11.4 Å². The first-order valence-electron chi connectivity index (χ1n) is 9.51. The summed E-state index contributed by atoms with van der Waals surface area (Å²) in [5.41, 5.74) is 2.31. The minimum Gasteiger partial charge on any atom is -0.484 e. The Balaban J connectivity index is 1.43. The number of rotatable bonds is 10. The number of amides is 2. The quantitative estimate of drug-likeness (QED) is 0.514. The third-order valence-corrected chi connectivity index (χ3v) is 4.88. The molecule has 2 N–H and O–H groups in total. The van der Waals surface area contributed by atoms with Crippen molar-refractivity contribution >= 4 is 29.3 Å². The summed E-state index contributed by atoms with van der Waals surface area (Å²) in [5, 5.41) is 5.49. The Kier molecular flexibility index (Phi) is 7.91. The van der Waals surface area contributed by atoms with Crippen LogP contribution in [0.1, 0.15) is 12.6 Å². The highest BCUT2D eigenvalue weighted by atomic mass is 32.2. The number of anilines is 1. The van der Waals surface area contributed by atoms with E-state index >= 15 is 0 Å². The van der Waals surface area contributed by atoms with Crippen LogP contribution in [0.2, 0.25) is 0 Å². The molecule has 3 rings (SSSR count). The molecular weight excluding hydrogens is 402 g/mol. The molecule has 0 atom stereocenters. The van der Waals surface area contributed by atoms with Gasteiger partial charge < -0.3 is 19.8 Å². The summed E-state index contributed by atoms with van der Waals surface area (Å²) in [6.45, 7) is 2.33. The summed E-state index contributed by atoms with van der Waals surface area (Å²) in [4.78, 5) is 28.1. The van der Waals surface area contributed by atoms with Gasteiger partial charge in [-0.1, -0.05) is 24.3 Å². The van der Waals surface area contributed by atoms with E-state index in [1.54, 1.807) is 30.5 Å². The number of nitrogens with one attached hydrogen (secondary N) is 2. The van der Waals surface area contributed by atoms with Crippen LogP contribution >= 0.6 is 11.8 Å². The second-order valence-electron chi connectivity index (χ2n) is 6.32. The maximum absolute atomic E-state index is 12.2. The van der Waals surface area contributed by atoms with Crippen LogP contribution in [0.3, 0.4) is 0 Å². The van der Waals surface area contributed by atoms with Gasteiger partial charge in [0.15, 0.2) is 6.61 Å². The monoisotopic (exact) mass is 425 g/mol. The molecule has 0 saturated carbocycles. The highest BCUT2D eigenvalue weighted by Crippen LogP contribution is 2.21. The smallest absolute Gasteiger partial charge is 0.257 e. The van der Waals surface area contributed by atoms with Crippen LogP contribution in [0.5, 0.6) is 5.75 Å². The predicted octanol–water partition coefficient (Wildman–Crippen LogP) is 3.73. The van der Waals surface area contributed by atoms with Crippen molar-refractivity contribution in [1.29, 1.82) is 0 Å². The number of carbonyl (C=O) groups excluding carboxylic acids is 2. The minimum atomic E-state index is -0.188. The third kappa shape index (κ3) is 6.66. The molecule has 2 amide bonds. The molecule has 8 heteroatoms. The van der Waals surface area contributed by atoms with Crippen LogP contribution in [0.4, 0.5) is 5.69 Å². The van der Waals surface area contributed by atoms with E-state index in [9.17, 15) is 9.59 Å². The van der Waals surface area contributed by atoms with Gasteiger partial charge in [-0.2, -0.15) is 0 Å². The SMILES string of the molecule is CCNC(=O)COc1cccc(NC(=O)CSCc2coc(-c3ccccc3)n2)c1. The molecule has 1 aromatic heterocycles. The number of thioether (sulfide) groups is 1. The van der Waals surface area contributed by atoms with Crippen molar-refractivity contribution in [2.24, 2.45) is 0 Å². The zero-order valence-corrected chi connectivity index (χ0v) is 17.4. The van der Waals surface area contributed by atoms with Crippen molar-refractivity contribution < 1.29 is 18.7 Å². The first-order valence-corrected chi connectivity index (χ1v) is 10.7. The highest BCUT2D eigenvalue weighted by Gasteiger charge is 2.09. The van der Waals surface area contributed by atoms with Crippen LogP contribution in [0.25, 0.3) is 11.5 Å². The van der Waals surface area contributed by atoms with Crippen molar-refractivity contribution in [3.8, 4) is 17.2 Å². The predicted molar refractivity (Wildman–Crippen MR) is 117 cm³/mol. The highest BCUT2D eigenvalue weighted by molar-refractivity contribution is 7.99. The lowest BCUT2D eigenvalue weighted by Gasteiger charge is -2.09. The second kappa shape index (κ2) is 11.1. The van der Waals surface area contributed by atoms with E-state index in [4.69, 9.17) is 9.15 Å². The molecule has 0 spiro atoms. The van der Waals surface area contributed by atoms with E-state index < -0.39 is 0 Å². The van der Waals surface area contributed by atoms with Crippen molar-refractivity contribution in [2.45, 2.75) is 12.7 Å². The molecule has 3 aromatic rings. The Labute approximate surface area is 179 Å². The van der Waals surface area contributed by atoms with Crippen LogP contribution in [0.15, 0.2) is 65.3 Å². The second-order valence-corrected chi connectivity index (χ2v) is 7.31. The lowest BCUT2D eigenvalue weighted by molar-refractivity contribution is -0.123. The number of hydrogen-bond acceptors (Lipinski definition) is 6. The number of likely N-dealkylation sites (N-methyl/N-ethyl adjacent to an activating group) is 1. The maximum atomic E-state index is 12.2.